The Bertz CT molecular complexity index is 112. The molecule has 0 saturated carbocycles. The van der Waals surface area contributed by atoms with Gasteiger partial charge in [0.1, 0.15) is 0 Å². The number of hydrogen-bond acceptors (Lipinski definition) is 1. The zero-order chi connectivity index (χ0) is 7.28. The van der Waals surface area contributed by atoms with E-state index in [2.05, 4.69) is 0 Å². The van der Waals surface area contributed by atoms with Crippen molar-refractivity contribution in [3.8, 4) is 0 Å². The summed E-state index contributed by atoms with van der Waals surface area (Å²) < 4.78 is 0. The molecule has 0 atom stereocenters. The molecule has 2 heteroatoms. The monoisotopic (exact) mass is 126 g/mol. The second-order valence-electron chi connectivity index (χ2n) is 2.17. The SMILES string of the molecule is CCN(C=N)C=C(C)C. The summed E-state index contributed by atoms with van der Waals surface area (Å²) in [5.41, 5.74) is 1.22. The highest BCUT2D eigenvalue weighted by molar-refractivity contribution is 5.52. The molecule has 0 aromatic rings. The van der Waals surface area contributed by atoms with Crippen molar-refractivity contribution in [1.29, 1.82) is 5.41 Å². The molecule has 0 aliphatic carbocycles. The Labute approximate surface area is 56.7 Å². The van der Waals surface area contributed by atoms with Crippen LogP contribution >= 0.6 is 0 Å². The van der Waals surface area contributed by atoms with Crippen LogP contribution in [0.1, 0.15) is 20.8 Å². The maximum atomic E-state index is 6.91. The minimum absolute atomic E-state index is 0.870. The molecular formula is C7H14N2. The lowest BCUT2D eigenvalue weighted by Gasteiger charge is -2.09. The summed E-state index contributed by atoms with van der Waals surface area (Å²) in [6, 6.07) is 0. The van der Waals surface area contributed by atoms with Gasteiger partial charge in [-0.1, -0.05) is 5.57 Å². The van der Waals surface area contributed by atoms with Crippen LogP contribution in [-0.2, 0) is 0 Å². The van der Waals surface area contributed by atoms with Gasteiger partial charge in [0.2, 0.25) is 0 Å². The molecule has 0 saturated heterocycles. The van der Waals surface area contributed by atoms with E-state index < -0.39 is 0 Å². The second-order valence-corrected chi connectivity index (χ2v) is 2.17. The molecule has 0 rings (SSSR count). The summed E-state index contributed by atoms with van der Waals surface area (Å²) in [6.07, 6.45) is 3.28. The predicted octanol–water partition coefficient (Wildman–Crippen LogP) is 1.84. The average Bonchev–Trinajstić information content (AvgIpc) is 1.82. The van der Waals surface area contributed by atoms with Crippen molar-refractivity contribution >= 4 is 6.34 Å². The number of hydrogen-bond donors (Lipinski definition) is 1. The largest absolute Gasteiger partial charge is 0.340 e. The third-order valence-electron chi connectivity index (χ3n) is 0.955. The van der Waals surface area contributed by atoms with Gasteiger partial charge in [0.25, 0.3) is 0 Å². The van der Waals surface area contributed by atoms with E-state index >= 15 is 0 Å². The van der Waals surface area contributed by atoms with Gasteiger partial charge in [-0.25, -0.2) is 0 Å². The van der Waals surface area contributed by atoms with Crippen LogP contribution in [0, 0.1) is 5.41 Å². The Balaban J connectivity index is 3.82. The molecular weight excluding hydrogens is 112 g/mol. The standard InChI is InChI=1S/C7H14N2/c1-4-9(6-8)5-7(2)3/h5-6,8H,4H2,1-3H3. The molecule has 0 aromatic carbocycles. The molecule has 9 heavy (non-hydrogen) atoms. The summed E-state index contributed by atoms with van der Waals surface area (Å²) in [7, 11) is 0. The molecule has 0 unspecified atom stereocenters. The summed E-state index contributed by atoms with van der Waals surface area (Å²) in [5, 5.41) is 6.91. The fourth-order valence-corrected chi connectivity index (χ4v) is 0.551. The van der Waals surface area contributed by atoms with Gasteiger partial charge in [-0.2, -0.15) is 0 Å². The Hall–Kier alpha value is -0.790. The van der Waals surface area contributed by atoms with E-state index in [0.717, 1.165) is 6.54 Å². The maximum absolute atomic E-state index is 6.91. The number of allylic oxidation sites excluding steroid dienone is 1. The Morgan fingerprint density at radius 2 is 2.11 bits per heavy atom. The average molecular weight is 126 g/mol. The minimum Gasteiger partial charge on any atom is -0.340 e. The smallest absolute Gasteiger partial charge is 0.0857 e. The van der Waals surface area contributed by atoms with Crippen LogP contribution in [0.5, 0.6) is 0 Å². The van der Waals surface area contributed by atoms with Crippen molar-refractivity contribution in [2.45, 2.75) is 20.8 Å². The van der Waals surface area contributed by atoms with Gasteiger partial charge in [0, 0.05) is 12.7 Å². The lowest BCUT2D eigenvalue weighted by molar-refractivity contribution is 0.598. The normalized spacial score (nSPS) is 8.33. The van der Waals surface area contributed by atoms with Gasteiger partial charge in [-0.05, 0) is 20.8 Å². The summed E-state index contributed by atoms with van der Waals surface area (Å²) in [6.45, 7) is 6.93. The quantitative estimate of drug-likeness (QED) is 0.453. The fourth-order valence-electron chi connectivity index (χ4n) is 0.551. The van der Waals surface area contributed by atoms with E-state index in [9.17, 15) is 0 Å². The van der Waals surface area contributed by atoms with Crippen molar-refractivity contribution < 1.29 is 0 Å². The molecule has 1 N–H and O–H groups in total. The fraction of sp³-hybridized carbons (Fsp3) is 0.571. The lowest BCUT2D eigenvalue weighted by Crippen LogP contribution is -2.13. The first-order valence-electron chi connectivity index (χ1n) is 3.12. The van der Waals surface area contributed by atoms with Crippen LogP contribution in [0.2, 0.25) is 0 Å². The molecule has 0 heterocycles. The van der Waals surface area contributed by atoms with Crippen molar-refractivity contribution in [3.05, 3.63) is 11.8 Å². The molecule has 0 aromatic heterocycles. The van der Waals surface area contributed by atoms with Gasteiger partial charge >= 0.3 is 0 Å². The first kappa shape index (κ1) is 8.21. The first-order valence-corrected chi connectivity index (χ1v) is 3.12. The topological polar surface area (TPSA) is 27.1 Å². The molecule has 52 valence electrons. The number of rotatable bonds is 3. The van der Waals surface area contributed by atoms with Crippen LogP contribution in [0.25, 0.3) is 0 Å². The van der Waals surface area contributed by atoms with Gasteiger partial charge in [0.15, 0.2) is 0 Å². The van der Waals surface area contributed by atoms with Crippen molar-refractivity contribution in [2.75, 3.05) is 6.54 Å². The third kappa shape index (κ3) is 3.76. The van der Waals surface area contributed by atoms with Gasteiger partial charge < -0.3 is 4.90 Å². The molecule has 0 amide bonds. The molecule has 0 aliphatic heterocycles. The van der Waals surface area contributed by atoms with E-state index in [-0.39, 0.29) is 0 Å². The molecule has 2 nitrogen and oxygen atoms in total. The maximum Gasteiger partial charge on any atom is 0.0857 e. The van der Waals surface area contributed by atoms with Crippen LogP contribution in [0.15, 0.2) is 11.8 Å². The zero-order valence-electron chi connectivity index (χ0n) is 6.31. The minimum atomic E-state index is 0.870. The Morgan fingerprint density at radius 3 is 2.22 bits per heavy atom. The first-order chi connectivity index (χ1) is 4.20. The van der Waals surface area contributed by atoms with Gasteiger partial charge in [-0.15, -0.1) is 0 Å². The summed E-state index contributed by atoms with van der Waals surface area (Å²) in [5.74, 6) is 0. The summed E-state index contributed by atoms with van der Waals surface area (Å²) in [4.78, 5) is 1.83. The second kappa shape index (κ2) is 4.13. The van der Waals surface area contributed by atoms with Crippen molar-refractivity contribution in [3.63, 3.8) is 0 Å². The van der Waals surface area contributed by atoms with E-state index in [1.165, 1.54) is 11.9 Å². The highest BCUT2D eigenvalue weighted by Crippen LogP contribution is 1.91. The highest BCUT2D eigenvalue weighted by Gasteiger charge is 1.86. The number of nitrogens with one attached hydrogen (secondary N) is 1. The van der Waals surface area contributed by atoms with E-state index in [1.807, 2.05) is 31.9 Å². The highest BCUT2D eigenvalue weighted by atomic mass is 15.1. The third-order valence-corrected chi connectivity index (χ3v) is 0.955. The molecule has 0 spiro atoms. The zero-order valence-corrected chi connectivity index (χ0v) is 6.31. The van der Waals surface area contributed by atoms with E-state index in [1.54, 1.807) is 0 Å². The van der Waals surface area contributed by atoms with Crippen molar-refractivity contribution in [1.82, 2.24) is 4.90 Å². The Kier molecular flexibility index (Phi) is 3.76. The lowest BCUT2D eigenvalue weighted by atomic mass is 10.4. The van der Waals surface area contributed by atoms with Crippen LogP contribution in [-0.4, -0.2) is 17.8 Å². The van der Waals surface area contributed by atoms with Gasteiger partial charge in [-0.3, -0.25) is 5.41 Å². The van der Waals surface area contributed by atoms with Gasteiger partial charge in [0.05, 0.1) is 6.34 Å². The summed E-state index contributed by atoms with van der Waals surface area (Å²) >= 11 is 0. The predicted molar refractivity (Wildman–Crippen MR) is 40.6 cm³/mol. The molecule has 0 radical (unpaired) electrons. The molecule has 0 fully saturated rings. The van der Waals surface area contributed by atoms with E-state index in [4.69, 9.17) is 5.41 Å². The van der Waals surface area contributed by atoms with Crippen LogP contribution in [0.3, 0.4) is 0 Å². The van der Waals surface area contributed by atoms with Crippen molar-refractivity contribution in [2.24, 2.45) is 0 Å². The van der Waals surface area contributed by atoms with Crippen LogP contribution < -0.4 is 0 Å². The number of nitrogens with zero attached hydrogens (tertiary/aromatic N) is 1. The molecule has 0 aliphatic rings. The Morgan fingerprint density at radius 1 is 1.56 bits per heavy atom. The molecule has 0 bridgehead atoms. The van der Waals surface area contributed by atoms with Crippen LogP contribution in [0.4, 0.5) is 0 Å². The van der Waals surface area contributed by atoms with E-state index in [0.29, 0.717) is 0 Å².